The molecule has 4 rings (SSSR count). The van der Waals surface area contributed by atoms with Crippen molar-refractivity contribution in [2.24, 2.45) is 0 Å². The Hall–Kier alpha value is -2.77. The van der Waals surface area contributed by atoms with Crippen LogP contribution >= 0.6 is 0 Å². The van der Waals surface area contributed by atoms with Crippen molar-refractivity contribution < 1.29 is 4.39 Å². The van der Waals surface area contributed by atoms with E-state index in [0.717, 1.165) is 27.6 Å². The van der Waals surface area contributed by atoms with Crippen molar-refractivity contribution in [3.8, 4) is 22.4 Å². The van der Waals surface area contributed by atoms with Gasteiger partial charge in [-0.1, -0.05) is 49.5 Å². The lowest BCUT2D eigenvalue weighted by molar-refractivity contribution is 0.641. The maximum Gasteiger partial charge on any atom is 0.222 e. The van der Waals surface area contributed by atoms with E-state index in [1.54, 1.807) is 12.3 Å². The van der Waals surface area contributed by atoms with Gasteiger partial charge in [0.1, 0.15) is 13.9 Å². The zero-order chi connectivity index (χ0) is 16.9. The second-order valence-corrected chi connectivity index (χ2v) is 10.8. The average molecular weight is 330 g/mol. The molecule has 0 fully saturated rings. The van der Waals surface area contributed by atoms with Gasteiger partial charge in [-0.05, 0) is 33.6 Å². The SMILES string of the molecule is [C-]#[N+]c1ccc2c(c1F)[Si](C)(C)c1c(-c3ccccn3)cccc1-2. The van der Waals surface area contributed by atoms with Crippen molar-refractivity contribution in [2.45, 2.75) is 13.1 Å². The summed E-state index contributed by atoms with van der Waals surface area (Å²) in [5.41, 5.74) is 4.12. The van der Waals surface area contributed by atoms with Gasteiger partial charge in [-0.25, -0.2) is 9.24 Å². The van der Waals surface area contributed by atoms with Crippen molar-refractivity contribution in [1.82, 2.24) is 4.98 Å². The molecule has 0 saturated carbocycles. The molecule has 0 unspecified atom stereocenters. The molecular weight excluding hydrogens is 315 g/mol. The molecule has 0 aliphatic carbocycles. The zero-order valence-electron chi connectivity index (χ0n) is 13.5. The summed E-state index contributed by atoms with van der Waals surface area (Å²) in [5, 5.41) is 1.95. The fourth-order valence-electron chi connectivity index (χ4n) is 3.80. The molecule has 0 radical (unpaired) electrons. The predicted molar refractivity (Wildman–Crippen MR) is 98.1 cm³/mol. The first-order valence-electron chi connectivity index (χ1n) is 7.81. The van der Waals surface area contributed by atoms with Crippen molar-refractivity contribution in [2.75, 3.05) is 0 Å². The highest BCUT2D eigenvalue weighted by molar-refractivity contribution is 7.04. The minimum atomic E-state index is -2.26. The molecule has 0 bridgehead atoms. The van der Waals surface area contributed by atoms with Crippen LogP contribution in [0.2, 0.25) is 13.1 Å². The van der Waals surface area contributed by atoms with E-state index in [2.05, 4.69) is 35.1 Å². The number of halogens is 1. The summed E-state index contributed by atoms with van der Waals surface area (Å²) in [6, 6.07) is 15.5. The molecule has 2 aromatic carbocycles. The van der Waals surface area contributed by atoms with E-state index >= 15 is 0 Å². The van der Waals surface area contributed by atoms with Gasteiger partial charge in [0.05, 0.1) is 12.3 Å². The van der Waals surface area contributed by atoms with Crippen molar-refractivity contribution in [1.29, 1.82) is 0 Å². The molecule has 0 spiro atoms. The molecule has 2 heterocycles. The van der Waals surface area contributed by atoms with Gasteiger partial charge in [0.2, 0.25) is 5.69 Å². The van der Waals surface area contributed by atoms with E-state index in [-0.39, 0.29) is 11.5 Å². The molecule has 4 heteroatoms. The molecule has 0 atom stereocenters. The summed E-state index contributed by atoms with van der Waals surface area (Å²) >= 11 is 0. The van der Waals surface area contributed by atoms with Gasteiger partial charge in [-0.2, -0.15) is 0 Å². The van der Waals surface area contributed by atoms with Crippen LogP contribution in [0.4, 0.5) is 10.1 Å². The van der Waals surface area contributed by atoms with Crippen molar-refractivity contribution >= 4 is 24.1 Å². The molecular formula is C20H15FN2Si. The number of hydrogen-bond acceptors (Lipinski definition) is 1. The molecule has 1 aromatic heterocycles. The highest BCUT2D eigenvalue weighted by Crippen LogP contribution is 2.35. The fraction of sp³-hybridized carbons (Fsp3) is 0.100. The highest BCUT2D eigenvalue weighted by Gasteiger charge is 2.42. The van der Waals surface area contributed by atoms with Crippen LogP contribution in [-0.4, -0.2) is 13.1 Å². The number of nitrogens with zero attached hydrogens (tertiary/aromatic N) is 2. The standard InChI is InChI=1S/C20H15FN2Si/c1-22-17-11-10-14-13-7-6-8-15(16-9-4-5-12-23-16)19(13)24(2,3)20(14)18(17)21/h4-12H,2-3H3. The largest absolute Gasteiger partial charge is 0.256 e. The van der Waals surface area contributed by atoms with Gasteiger partial charge in [-0.3, -0.25) is 4.98 Å². The Bertz CT molecular complexity index is 1000. The van der Waals surface area contributed by atoms with Crippen LogP contribution in [-0.2, 0) is 0 Å². The maximum absolute atomic E-state index is 15.0. The lowest BCUT2D eigenvalue weighted by Gasteiger charge is -2.22. The monoisotopic (exact) mass is 330 g/mol. The van der Waals surface area contributed by atoms with Gasteiger partial charge in [0.15, 0.2) is 0 Å². The topological polar surface area (TPSA) is 17.2 Å². The van der Waals surface area contributed by atoms with E-state index in [1.807, 2.05) is 30.3 Å². The van der Waals surface area contributed by atoms with Crippen LogP contribution in [0, 0.1) is 12.4 Å². The van der Waals surface area contributed by atoms with Crippen LogP contribution in [0.1, 0.15) is 0 Å². The van der Waals surface area contributed by atoms with E-state index in [0.29, 0.717) is 0 Å². The van der Waals surface area contributed by atoms with Crippen LogP contribution in [0.15, 0.2) is 54.7 Å². The average Bonchev–Trinajstić information content (AvgIpc) is 2.84. The molecule has 0 N–H and O–H groups in total. The van der Waals surface area contributed by atoms with Crippen molar-refractivity contribution in [3.63, 3.8) is 0 Å². The Labute approximate surface area is 141 Å². The molecule has 0 saturated heterocycles. The number of fused-ring (bicyclic) bond motifs is 3. The number of aromatic nitrogens is 1. The van der Waals surface area contributed by atoms with E-state index < -0.39 is 8.07 Å². The third-order valence-electron chi connectivity index (χ3n) is 4.79. The lowest BCUT2D eigenvalue weighted by Crippen LogP contribution is -2.51. The van der Waals surface area contributed by atoms with Gasteiger partial charge in [0.25, 0.3) is 0 Å². The van der Waals surface area contributed by atoms with E-state index in [4.69, 9.17) is 6.57 Å². The highest BCUT2D eigenvalue weighted by atomic mass is 28.3. The van der Waals surface area contributed by atoms with Crippen molar-refractivity contribution in [3.05, 3.63) is 72.0 Å². The molecule has 1 aliphatic heterocycles. The van der Waals surface area contributed by atoms with Crippen LogP contribution < -0.4 is 10.4 Å². The van der Waals surface area contributed by atoms with Gasteiger partial charge < -0.3 is 0 Å². The Morgan fingerprint density at radius 1 is 0.917 bits per heavy atom. The Morgan fingerprint density at radius 2 is 1.67 bits per heavy atom. The summed E-state index contributed by atoms with van der Waals surface area (Å²) in [6.07, 6.45) is 1.78. The Balaban J connectivity index is 2.07. The normalized spacial score (nSPS) is 13.9. The third kappa shape index (κ3) is 1.88. The lowest BCUT2D eigenvalue weighted by atomic mass is 10.0. The third-order valence-corrected chi connectivity index (χ3v) is 8.32. The fourth-order valence-corrected chi connectivity index (χ4v) is 7.39. The van der Waals surface area contributed by atoms with E-state index in [9.17, 15) is 4.39 Å². The summed E-state index contributed by atoms with van der Waals surface area (Å²) in [4.78, 5) is 7.83. The van der Waals surface area contributed by atoms with Crippen LogP contribution in [0.25, 0.3) is 27.2 Å². The maximum atomic E-state index is 15.0. The molecule has 1 aliphatic rings. The van der Waals surface area contributed by atoms with Gasteiger partial charge >= 0.3 is 0 Å². The van der Waals surface area contributed by atoms with Gasteiger partial charge in [-0.15, -0.1) is 0 Å². The number of benzene rings is 2. The quantitative estimate of drug-likeness (QED) is 0.482. The molecule has 0 amide bonds. The van der Waals surface area contributed by atoms with Gasteiger partial charge in [0, 0.05) is 11.8 Å². The first kappa shape index (κ1) is 14.8. The summed E-state index contributed by atoms with van der Waals surface area (Å²) in [6.45, 7) is 11.5. The summed E-state index contributed by atoms with van der Waals surface area (Å²) in [7, 11) is -2.26. The molecule has 116 valence electrons. The number of rotatable bonds is 1. The molecule has 2 nitrogen and oxygen atoms in total. The number of pyridine rings is 1. The number of hydrogen-bond donors (Lipinski definition) is 0. The van der Waals surface area contributed by atoms with E-state index in [1.165, 1.54) is 5.19 Å². The predicted octanol–water partition coefficient (Wildman–Crippen LogP) is 4.24. The van der Waals surface area contributed by atoms with Crippen LogP contribution in [0.5, 0.6) is 0 Å². The Kier molecular flexibility index (Phi) is 3.15. The minimum Gasteiger partial charge on any atom is -0.256 e. The summed E-state index contributed by atoms with van der Waals surface area (Å²) in [5.74, 6) is -0.345. The molecule has 24 heavy (non-hydrogen) atoms. The Morgan fingerprint density at radius 3 is 2.38 bits per heavy atom. The molecule has 3 aromatic rings. The summed E-state index contributed by atoms with van der Waals surface area (Å²) < 4.78 is 15.0. The zero-order valence-corrected chi connectivity index (χ0v) is 14.5. The smallest absolute Gasteiger partial charge is 0.222 e. The first-order valence-corrected chi connectivity index (χ1v) is 10.8. The second-order valence-electron chi connectivity index (χ2n) is 6.50. The van der Waals surface area contributed by atoms with Crippen LogP contribution in [0.3, 0.4) is 0 Å². The second kappa shape index (κ2) is 5.12. The first-order chi connectivity index (χ1) is 11.6. The minimum absolute atomic E-state index is 0.113.